The predicted octanol–water partition coefficient (Wildman–Crippen LogP) is 2.45. The van der Waals surface area contributed by atoms with E-state index in [-0.39, 0.29) is 24.5 Å². The average Bonchev–Trinajstić information content (AvgIpc) is 3.09. The van der Waals surface area contributed by atoms with Crippen LogP contribution in [0.4, 0.5) is 17.2 Å². The van der Waals surface area contributed by atoms with E-state index < -0.39 is 17.6 Å². The number of rotatable bonds is 7. The number of nitrogens with one attached hydrogen (secondary N) is 2. The zero-order chi connectivity index (χ0) is 22.5. The van der Waals surface area contributed by atoms with Crippen LogP contribution in [0.15, 0.2) is 71.7 Å². The highest BCUT2D eigenvalue weighted by Gasteiger charge is 2.16. The molecule has 0 aliphatic heterocycles. The monoisotopic (exact) mass is 432 g/mol. The van der Waals surface area contributed by atoms with Crippen molar-refractivity contribution >= 4 is 34.8 Å². The summed E-state index contributed by atoms with van der Waals surface area (Å²) in [6.45, 7) is 1.57. The molecular weight excluding hydrogens is 412 g/mol. The van der Waals surface area contributed by atoms with E-state index in [0.717, 1.165) is 10.4 Å². The number of carbonyl (C=O) groups is 2. The number of ether oxygens (including phenoxy) is 1. The number of esters is 1. The second-order valence-electron chi connectivity index (χ2n) is 6.73. The van der Waals surface area contributed by atoms with Crippen molar-refractivity contribution in [3.63, 3.8) is 0 Å². The van der Waals surface area contributed by atoms with Crippen molar-refractivity contribution in [2.45, 2.75) is 13.5 Å². The highest BCUT2D eigenvalue weighted by Crippen LogP contribution is 2.16. The van der Waals surface area contributed by atoms with Crippen LogP contribution in [-0.2, 0) is 16.1 Å². The fraction of sp³-hybridized carbons (Fsp3) is 0.136. The zero-order valence-electron chi connectivity index (χ0n) is 17.2. The van der Waals surface area contributed by atoms with Gasteiger partial charge in [0.05, 0.1) is 17.9 Å². The fourth-order valence-electron chi connectivity index (χ4n) is 3.05. The van der Waals surface area contributed by atoms with E-state index in [1.54, 1.807) is 37.3 Å². The van der Waals surface area contributed by atoms with Gasteiger partial charge in [0.25, 0.3) is 5.78 Å². The van der Waals surface area contributed by atoms with Gasteiger partial charge in [-0.15, -0.1) is 5.10 Å². The van der Waals surface area contributed by atoms with Crippen LogP contribution in [0.2, 0.25) is 0 Å². The summed E-state index contributed by atoms with van der Waals surface area (Å²) in [7, 11) is 0. The minimum Gasteiger partial charge on any atom is -0.462 e. The third kappa shape index (κ3) is 4.48. The molecule has 0 unspecified atom stereocenters. The molecular formula is C22H20N6O4. The summed E-state index contributed by atoms with van der Waals surface area (Å²) in [5.74, 6) is -0.407. The Hall–Kier alpha value is -4.47. The molecule has 2 heterocycles. The van der Waals surface area contributed by atoms with E-state index >= 15 is 0 Å². The van der Waals surface area contributed by atoms with Gasteiger partial charge in [0.1, 0.15) is 12.4 Å². The summed E-state index contributed by atoms with van der Waals surface area (Å²) >= 11 is 0. The standard InChI is InChI=1S/C22H20N6O4/c1-2-32-20(30)16-10-6-7-11-17(16)24-19(29)14-28-22(31)27-13-12-18(25-21(27)26-28)23-15-8-4-3-5-9-15/h3-13H,2,14H2,1H3,(H,24,29)(H,23,25,26). The Kier molecular flexibility index (Phi) is 5.93. The van der Waals surface area contributed by atoms with Gasteiger partial charge in [-0.2, -0.15) is 4.98 Å². The number of carbonyl (C=O) groups excluding carboxylic acids is 2. The van der Waals surface area contributed by atoms with Crippen LogP contribution in [0.25, 0.3) is 5.78 Å². The molecule has 0 radical (unpaired) electrons. The van der Waals surface area contributed by atoms with Crippen molar-refractivity contribution in [1.82, 2.24) is 19.2 Å². The van der Waals surface area contributed by atoms with Gasteiger partial charge in [0, 0.05) is 11.9 Å². The van der Waals surface area contributed by atoms with Crippen LogP contribution in [0.1, 0.15) is 17.3 Å². The number of aromatic nitrogens is 4. The first-order valence-electron chi connectivity index (χ1n) is 9.89. The molecule has 32 heavy (non-hydrogen) atoms. The zero-order valence-corrected chi connectivity index (χ0v) is 17.2. The molecule has 162 valence electrons. The molecule has 0 aliphatic rings. The number of hydrogen-bond donors (Lipinski definition) is 2. The second-order valence-corrected chi connectivity index (χ2v) is 6.73. The van der Waals surface area contributed by atoms with Crippen molar-refractivity contribution in [3.8, 4) is 0 Å². The van der Waals surface area contributed by atoms with E-state index in [2.05, 4.69) is 20.7 Å². The molecule has 0 aliphatic carbocycles. The minimum absolute atomic E-state index is 0.149. The summed E-state index contributed by atoms with van der Waals surface area (Å²) in [6.07, 6.45) is 1.54. The molecule has 1 amide bonds. The summed E-state index contributed by atoms with van der Waals surface area (Å²) in [4.78, 5) is 41.6. The molecule has 4 rings (SSSR count). The third-order valence-corrected chi connectivity index (χ3v) is 4.49. The Morgan fingerprint density at radius 3 is 2.56 bits per heavy atom. The van der Waals surface area contributed by atoms with Crippen LogP contribution in [0.5, 0.6) is 0 Å². The number of benzene rings is 2. The van der Waals surface area contributed by atoms with E-state index in [1.807, 2.05) is 30.3 Å². The maximum Gasteiger partial charge on any atom is 0.352 e. The van der Waals surface area contributed by atoms with Gasteiger partial charge in [-0.3, -0.25) is 4.79 Å². The maximum atomic E-state index is 12.6. The van der Waals surface area contributed by atoms with Crippen LogP contribution >= 0.6 is 0 Å². The van der Waals surface area contributed by atoms with Crippen LogP contribution in [0, 0.1) is 0 Å². The van der Waals surface area contributed by atoms with Crippen LogP contribution < -0.4 is 16.3 Å². The molecule has 2 aromatic carbocycles. The van der Waals surface area contributed by atoms with Gasteiger partial charge in [0.15, 0.2) is 0 Å². The summed E-state index contributed by atoms with van der Waals surface area (Å²) in [5, 5.41) is 9.91. The Labute approximate surface area is 182 Å². The van der Waals surface area contributed by atoms with E-state index in [1.165, 1.54) is 10.6 Å². The summed E-state index contributed by atoms with van der Waals surface area (Å²) in [5.41, 5.74) is 0.849. The molecule has 0 saturated carbocycles. The van der Waals surface area contributed by atoms with Gasteiger partial charge in [0.2, 0.25) is 5.91 Å². The number of para-hydroxylation sites is 2. The van der Waals surface area contributed by atoms with Gasteiger partial charge in [-0.25, -0.2) is 18.7 Å². The first-order valence-corrected chi connectivity index (χ1v) is 9.89. The van der Waals surface area contributed by atoms with Crippen LogP contribution in [-0.4, -0.2) is 37.6 Å². The highest BCUT2D eigenvalue weighted by molar-refractivity contribution is 6.01. The molecule has 10 nitrogen and oxygen atoms in total. The lowest BCUT2D eigenvalue weighted by atomic mass is 10.2. The molecule has 10 heteroatoms. The molecule has 0 bridgehead atoms. The number of fused-ring (bicyclic) bond motifs is 1. The van der Waals surface area contributed by atoms with Crippen molar-refractivity contribution in [2.24, 2.45) is 0 Å². The molecule has 4 aromatic rings. The molecule has 0 spiro atoms. The first kappa shape index (κ1) is 20.8. The molecule has 2 aromatic heterocycles. The van der Waals surface area contributed by atoms with Gasteiger partial charge >= 0.3 is 11.7 Å². The second kappa shape index (κ2) is 9.13. The number of nitrogens with zero attached hydrogens (tertiary/aromatic N) is 4. The molecule has 0 saturated heterocycles. The average molecular weight is 432 g/mol. The Morgan fingerprint density at radius 1 is 1.03 bits per heavy atom. The largest absolute Gasteiger partial charge is 0.462 e. The number of anilines is 3. The molecule has 0 fully saturated rings. The highest BCUT2D eigenvalue weighted by atomic mass is 16.5. The van der Waals surface area contributed by atoms with Crippen molar-refractivity contribution in [2.75, 3.05) is 17.2 Å². The van der Waals surface area contributed by atoms with Crippen molar-refractivity contribution in [1.29, 1.82) is 0 Å². The fourth-order valence-corrected chi connectivity index (χ4v) is 3.05. The summed E-state index contributed by atoms with van der Waals surface area (Å²) < 4.78 is 7.26. The van der Waals surface area contributed by atoms with Gasteiger partial charge < -0.3 is 15.4 Å². The number of hydrogen-bond acceptors (Lipinski definition) is 7. The smallest absolute Gasteiger partial charge is 0.352 e. The van der Waals surface area contributed by atoms with E-state index in [4.69, 9.17) is 4.74 Å². The Bertz CT molecular complexity index is 1330. The topological polar surface area (TPSA) is 120 Å². The van der Waals surface area contributed by atoms with E-state index in [0.29, 0.717) is 11.5 Å². The quantitative estimate of drug-likeness (QED) is 0.431. The summed E-state index contributed by atoms with van der Waals surface area (Å²) in [6, 6.07) is 17.6. The van der Waals surface area contributed by atoms with Crippen LogP contribution in [0.3, 0.4) is 0 Å². The molecule has 0 atom stereocenters. The van der Waals surface area contributed by atoms with Gasteiger partial charge in [-0.05, 0) is 37.3 Å². The van der Waals surface area contributed by atoms with E-state index in [9.17, 15) is 14.4 Å². The lowest BCUT2D eigenvalue weighted by Crippen LogP contribution is -2.28. The Morgan fingerprint density at radius 2 is 1.78 bits per heavy atom. The third-order valence-electron chi connectivity index (χ3n) is 4.49. The molecule has 2 N–H and O–H groups in total. The Balaban J connectivity index is 1.52. The predicted molar refractivity (Wildman–Crippen MR) is 118 cm³/mol. The first-order chi connectivity index (χ1) is 15.5. The van der Waals surface area contributed by atoms with Gasteiger partial charge in [-0.1, -0.05) is 30.3 Å². The number of amides is 1. The van der Waals surface area contributed by atoms with Crippen molar-refractivity contribution < 1.29 is 14.3 Å². The maximum absolute atomic E-state index is 12.6. The minimum atomic E-state index is -0.545. The lowest BCUT2D eigenvalue weighted by molar-refractivity contribution is -0.117. The normalized spacial score (nSPS) is 10.7. The van der Waals surface area contributed by atoms with Crippen molar-refractivity contribution in [3.05, 3.63) is 82.9 Å². The lowest BCUT2D eigenvalue weighted by Gasteiger charge is -2.10. The SMILES string of the molecule is CCOC(=O)c1ccccc1NC(=O)Cn1nc2nc(Nc3ccccc3)ccn2c1=O.